The molecule has 2 aromatic rings. The van der Waals surface area contributed by atoms with Crippen LogP contribution < -0.4 is 10.6 Å². The van der Waals surface area contributed by atoms with Gasteiger partial charge in [0.05, 0.1) is 18.2 Å². The molecule has 0 spiro atoms. The molecule has 2 aromatic carbocycles. The molecule has 0 radical (unpaired) electrons. The van der Waals surface area contributed by atoms with Crippen LogP contribution >= 0.6 is 0 Å². The van der Waals surface area contributed by atoms with Gasteiger partial charge in [-0.15, -0.1) is 0 Å². The Morgan fingerprint density at radius 1 is 1.15 bits per heavy atom. The first-order valence-electron chi connectivity index (χ1n) is 10.3. The number of benzene rings is 2. The van der Waals surface area contributed by atoms with Crippen molar-refractivity contribution in [3.8, 4) is 6.07 Å². The third-order valence-electron chi connectivity index (χ3n) is 5.69. The van der Waals surface area contributed by atoms with Gasteiger partial charge in [-0.1, -0.05) is 30.3 Å². The van der Waals surface area contributed by atoms with Crippen LogP contribution in [0.3, 0.4) is 0 Å². The molecule has 170 valence electrons. The number of nitriles is 1. The minimum absolute atomic E-state index is 0.238. The lowest BCUT2D eigenvalue weighted by molar-refractivity contribution is -0.139. The van der Waals surface area contributed by atoms with Gasteiger partial charge in [0.15, 0.2) is 0 Å². The molecule has 1 fully saturated rings. The fourth-order valence-electron chi connectivity index (χ4n) is 3.69. The molecule has 0 saturated carbocycles. The Morgan fingerprint density at radius 3 is 2.42 bits per heavy atom. The molecule has 1 aliphatic heterocycles. The number of urea groups is 1. The third-order valence-corrected chi connectivity index (χ3v) is 5.69. The van der Waals surface area contributed by atoms with Crippen LogP contribution in [0.4, 0.5) is 10.5 Å². The topological polar surface area (TPSA) is 123 Å². The summed E-state index contributed by atoms with van der Waals surface area (Å²) in [6.07, 6.45) is 0. The normalized spacial score (nSPS) is 17.4. The molecule has 2 N–H and O–H groups in total. The molecule has 1 heterocycles. The van der Waals surface area contributed by atoms with Crippen LogP contribution in [0.1, 0.15) is 29.2 Å². The zero-order valence-corrected chi connectivity index (χ0v) is 18.9. The average molecular weight is 447 g/mol. The summed E-state index contributed by atoms with van der Waals surface area (Å²) >= 11 is 0. The van der Waals surface area contributed by atoms with Gasteiger partial charge in [-0.2, -0.15) is 5.26 Å². The van der Waals surface area contributed by atoms with E-state index in [1.165, 1.54) is 20.0 Å². The summed E-state index contributed by atoms with van der Waals surface area (Å²) in [6, 6.07) is 13.3. The van der Waals surface area contributed by atoms with E-state index in [4.69, 9.17) is 5.26 Å². The second-order valence-electron chi connectivity index (χ2n) is 8.20. The molecule has 33 heavy (non-hydrogen) atoms. The maximum Gasteiger partial charge on any atom is 0.325 e. The van der Waals surface area contributed by atoms with Crippen molar-refractivity contribution in [2.45, 2.75) is 26.3 Å². The number of aryl methyl sites for hydroxylation is 2. The average Bonchev–Trinajstić information content (AvgIpc) is 3.00. The second-order valence-corrected chi connectivity index (χ2v) is 8.20. The van der Waals surface area contributed by atoms with Gasteiger partial charge in [-0.05, 0) is 49.6 Å². The Morgan fingerprint density at radius 2 is 1.79 bits per heavy atom. The maximum atomic E-state index is 13.0. The quantitative estimate of drug-likeness (QED) is 0.656. The van der Waals surface area contributed by atoms with Crippen molar-refractivity contribution in [3.63, 3.8) is 0 Å². The van der Waals surface area contributed by atoms with Crippen molar-refractivity contribution in [2.75, 3.05) is 25.5 Å². The van der Waals surface area contributed by atoms with Gasteiger partial charge in [0.2, 0.25) is 11.8 Å². The van der Waals surface area contributed by atoms with E-state index in [2.05, 4.69) is 10.6 Å². The Bertz CT molecular complexity index is 1170. The highest BCUT2D eigenvalue weighted by Crippen LogP contribution is 2.29. The van der Waals surface area contributed by atoms with Crippen molar-refractivity contribution in [1.29, 1.82) is 5.26 Å². The van der Waals surface area contributed by atoms with Crippen molar-refractivity contribution >= 4 is 29.4 Å². The Labute approximate surface area is 192 Å². The van der Waals surface area contributed by atoms with E-state index in [0.29, 0.717) is 16.8 Å². The zero-order chi connectivity index (χ0) is 24.3. The minimum atomic E-state index is -1.40. The summed E-state index contributed by atoms with van der Waals surface area (Å²) in [5, 5.41) is 14.5. The number of imide groups is 1. The molecule has 1 atom stereocenters. The number of hydrogen-bond acceptors (Lipinski definition) is 5. The highest BCUT2D eigenvalue weighted by Gasteiger charge is 2.49. The number of hydrogen-bond donors (Lipinski definition) is 2. The third kappa shape index (κ3) is 4.70. The van der Waals surface area contributed by atoms with E-state index in [1.54, 1.807) is 18.2 Å². The van der Waals surface area contributed by atoms with Gasteiger partial charge >= 0.3 is 6.03 Å². The largest absolute Gasteiger partial charge is 0.335 e. The first-order valence-corrected chi connectivity index (χ1v) is 10.3. The standard InChI is InChI=1S/C24H25N5O4/c1-15-7-5-8-16(2)21(15)26-19(30)13-28(4)20(31)14-29-22(32)24(3,27-23(29)33)18-10-6-9-17(11-18)12-25/h5-11H,13-14H2,1-4H3,(H,26,30)(H,27,33). The van der Waals surface area contributed by atoms with Gasteiger partial charge in [0.1, 0.15) is 12.1 Å². The Kier molecular flexibility index (Phi) is 6.49. The first kappa shape index (κ1) is 23.5. The molecule has 1 saturated heterocycles. The summed E-state index contributed by atoms with van der Waals surface area (Å²) in [6.45, 7) is 4.52. The lowest BCUT2D eigenvalue weighted by Gasteiger charge is -2.23. The van der Waals surface area contributed by atoms with Crippen LogP contribution in [0.2, 0.25) is 0 Å². The summed E-state index contributed by atoms with van der Waals surface area (Å²) < 4.78 is 0. The molecule has 0 aliphatic carbocycles. The zero-order valence-electron chi connectivity index (χ0n) is 18.9. The van der Waals surface area contributed by atoms with E-state index in [-0.39, 0.29) is 6.54 Å². The van der Waals surface area contributed by atoms with Gasteiger partial charge in [-0.25, -0.2) is 4.79 Å². The molecule has 5 amide bonds. The molecule has 0 aromatic heterocycles. The fourth-order valence-corrected chi connectivity index (χ4v) is 3.69. The number of para-hydroxylation sites is 1. The summed E-state index contributed by atoms with van der Waals surface area (Å²) in [7, 11) is 1.43. The highest BCUT2D eigenvalue weighted by atomic mass is 16.2. The summed E-state index contributed by atoms with van der Waals surface area (Å²) in [5.74, 6) is -1.56. The van der Waals surface area contributed by atoms with Gasteiger partial charge < -0.3 is 15.5 Å². The van der Waals surface area contributed by atoms with E-state index in [1.807, 2.05) is 38.1 Å². The van der Waals surface area contributed by atoms with Crippen LogP contribution in [-0.4, -0.2) is 53.7 Å². The van der Waals surface area contributed by atoms with Gasteiger partial charge in [0.25, 0.3) is 5.91 Å². The summed E-state index contributed by atoms with van der Waals surface area (Å²) in [4.78, 5) is 52.7. The predicted molar refractivity (Wildman–Crippen MR) is 121 cm³/mol. The lowest BCUT2D eigenvalue weighted by Crippen LogP contribution is -2.45. The number of carbonyl (C=O) groups is 4. The number of nitrogens with one attached hydrogen (secondary N) is 2. The SMILES string of the molecule is Cc1cccc(C)c1NC(=O)CN(C)C(=O)CN1C(=O)NC(C)(c2cccc(C#N)c2)C1=O. The first-order chi connectivity index (χ1) is 15.6. The number of rotatable bonds is 6. The van der Waals surface area contributed by atoms with Crippen LogP contribution in [0.5, 0.6) is 0 Å². The number of amides is 5. The molecular weight excluding hydrogens is 422 g/mol. The molecule has 1 unspecified atom stereocenters. The van der Waals surface area contributed by atoms with E-state index < -0.39 is 35.8 Å². The molecule has 9 heteroatoms. The van der Waals surface area contributed by atoms with Gasteiger partial charge in [-0.3, -0.25) is 19.3 Å². The van der Waals surface area contributed by atoms with E-state index in [9.17, 15) is 19.2 Å². The van der Waals surface area contributed by atoms with Crippen LogP contribution in [0.25, 0.3) is 0 Å². The molecule has 3 rings (SSSR count). The highest BCUT2D eigenvalue weighted by molar-refractivity contribution is 6.09. The van der Waals surface area contributed by atoms with Crippen LogP contribution in [-0.2, 0) is 19.9 Å². The number of carbonyl (C=O) groups excluding carboxylic acids is 4. The maximum absolute atomic E-state index is 13.0. The van der Waals surface area contributed by atoms with Gasteiger partial charge in [0, 0.05) is 12.7 Å². The molecule has 1 aliphatic rings. The smallest absolute Gasteiger partial charge is 0.325 e. The minimum Gasteiger partial charge on any atom is -0.335 e. The van der Waals surface area contributed by atoms with Crippen molar-refractivity contribution in [1.82, 2.24) is 15.1 Å². The van der Waals surface area contributed by atoms with Crippen LogP contribution in [0.15, 0.2) is 42.5 Å². The number of anilines is 1. The van der Waals surface area contributed by atoms with Crippen LogP contribution in [0, 0.1) is 25.2 Å². The molecule has 0 bridgehead atoms. The summed E-state index contributed by atoms with van der Waals surface area (Å²) in [5.41, 5.74) is 1.87. The van der Waals surface area contributed by atoms with Crippen molar-refractivity contribution in [3.05, 3.63) is 64.7 Å². The second kappa shape index (κ2) is 9.12. The van der Waals surface area contributed by atoms with E-state index in [0.717, 1.165) is 20.9 Å². The molecule has 9 nitrogen and oxygen atoms in total. The Balaban J connectivity index is 1.67. The Hall–Kier alpha value is -4.19. The predicted octanol–water partition coefficient (Wildman–Crippen LogP) is 2.04. The monoisotopic (exact) mass is 447 g/mol. The fraction of sp³-hybridized carbons (Fsp3) is 0.292. The van der Waals surface area contributed by atoms with Crippen molar-refractivity contribution < 1.29 is 19.2 Å². The molecular formula is C24H25N5O4. The number of likely N-dealkylation sites (N-methyl/N-ethyl adjacent to an activating group) is 1. The number of nitrogens with zero attached hydrogens (tertiary/aromatic N) is 3. The lowest BCUT2D eigenvalue weighted by atomic mass is 9.91. The van der Waals surface area contributed by atoms with E-state index >= 15 is 0 Å². The van der Waals surface area contributed by atoms with Crippen molar-refractivity contribution in [2.24, 2.45) is 0 Å².